The van der Waals surface area contributed by atoms with Crippen molar-refractivity contribution in [1.29, 1.82) is 0 Å². The Hall–Kier alpha value is -2.70. The van der Waals surface area contributed by atoms with Gasteiger partial charge in [0, 0.05) is 21.3 Å². The number of esters is 1. The molecule has 1 aliphatic rings. The highest BCUT2D eigenvalue weighted by molar-refractivity contribution is 6.35. The Morgan fingerprint density at radius 3 is 2.47 bits per heavy atom. The molecule has 6 nitrogen and oxygen atoms in total. The highest BCUT2D eigenvalue weighted by atomic mass is 35.5. The van der Waals surface area contributed by atoms with Gasteiger partial charge in [-0.25, -0.2) is 9.59 Å². The van der Waals surface area contributed by atoms with Crippen LogP contribution < -0.4 is 15.4 Å². The van der Waals surface area contributed by atoms with E-state index in [-0.39, 0.29) is 18.7 Å². The topological polar surface area (TPSA) is 76.7 Å². The van der Waals surface area contributed by atoms with Gasteiger partial charge in [-0.15, -0.1) is 0 Å². The van der Waals surface area contributed by atoms with Gasteiger partial charge in [0.15, 0.2) is 0 Å². The van der Waals surface area contributed by atoms with Crippen molar-refractivity contribution in [3.8, 4) is 5.75 Å². The number of carbonyl (C=O) groups excluding carboxylic acids is 2. The first-order valence-electron chi connectivity index (χ1n) is 10.5. The molecule has 2 aromatic rings. The van der Waals surface area contributed by atoms with Gasteiger partial charge >= 0.3 is 12.0 Å². The zero-order chi connectivity index (χ0) is 23.3. The smallest absolute Gasteiger partial charge is 0.338 e. The molecule has 1 heterocycles. The van der Waals surface area contributed by atoms with Crippen LogP contribution in [0.2, 0.25) is 10.0 Å². The number of ether oxygens (including phenoxy) is 2. The largest absolute Gasteiger partial charge is 0.489 e. The van der Waals surface area contributed by atoms with Gasteiger partial charge in [0.1, 0.15) is 12.4 Å². The van der Waals surface area contributed by atoms with Crippen LogP contribution in [0, 0.1) is 0 Å². The summed E-state index contributed by atoms with van der Waals surface area (Å²) in [4.78, 5) is 25.1. The molecule has 2 amide bonds. The molecule has 0 radical (unpaired) electrons. The Morgan fingerprint density at radius 1 is 1.12 bits per heavy atom. The van der Waals surface area contributed by atoms with Crippen molar-refractivity contribution >= 4 is 35.2 Å². The summed E-state index contributed by atoms with van der Waals surface area (Å²) in [5, 5.41) is 6.70. The Balaban J connectivity index is 1.82. The van der Waals surface area contributed by atoms with E-state index in [4.69, 9.17) is 32.7 Å². The average Bonchev–Trinajstić information content (AvgIpc) is 2.73. The van der Waals surface area contributed by atoms with E-state index in [1.54, 1.807) is 38.1 Å². The van der Waals surface area contributed by atoms with Gasteiger partial charge < -0.3 is 20.1 Å². The molecule has 1 atom stereocenters. The van der Waals surface area contributed by atoms with Gasteiger partial charge in [0.2, 0.25) is 0 Å². The van der Waals surface area contributed by atoms with Gasteiger partial charge in [-0.3, -0.25) is 0 Å². The van der Waals surface area contributed by atoms with Gasteiger partial charge in [-0.2, -0.15) is 0 Å². The molecule has 0 bridgehead atoms. The van der Waals surface area contributed by atoms with Crippen molar-refractivity contribution in [3.05, 3.63) is 74.9 Å². The Kier molecular flexibility index (Phi) is 8.04. The van der Waals surface area contributed by atoms with Crippen LogP contribution in [0.5, 0.6) is 5.75 Å². The molecule has 3 rings (SSSR count). The van der Waals surface area contributed by atoms with E-state index in [9.17, 15) is 9.59 Å². The molecule has 0 saturated heterocycles. The molecule has 0 spiro atoms. The fourth-order valence-corrected chi connectivity index (χ4v) is 3.85. The Morgan fingerprint density at radius 2 is 1.84 bits per heavy atom. The van der Waals surface area contributed by atoms with E-state index in [2.05, 4.69) is 10.6 Å². The van der Waals surface area contributed by atoms with Crippen molar-refractivity contribution in [2.75, 3.05) is 0 Å². The molecular formula is C24H26Cl2N2O4. The third-order valence-electron chi connectivity index (χ3n) is 4.84. The standard InChI is InChI=1S/C24H26Cl2N2O4/c1-4-5-20-21(23(29)32-14(2)3)22(28-24(30)27-20)15-7-10-18(11-8-15)31-13-16-6-9-17(25)12-19(16)26/h6-12,14,22H,4-5,13H2,1-3H3,(H2,27,28,30). The molecule has 0 fully saturated rings. The van der Waals surface area contributed by atoms with E-state index in [0.29, 0.717) is 33.5 Å². The fraction of sp³-hybridized carbons (Fsp3) is 0.333. The van der Waals surface area contributed by atoms with Crippen LogP contribution in [-0.4, -0.2) is 18.1 Å². The molecule has 1 unspecified atom stereocenters. The van der Waals surface area contributed by atoms with Crippen LogP contribution in [0.25, 0.3) is 0 Å². The first-order valence-corrected chi connectivity index (χ1v) is 11.2. The van der Waals surface area contributed by atoms with Crippen LogP contribution in [0.15, 0.2) is 53.7 Å². The predicted molar refractivity (Wildman–Crippen MR) is 125 cm³/mol. The van der Waals surface area contributed by atoms with E-state index in [1.165, 1.54) is 0 Å². The zero-order valence-electron chi connectivity index (χ0n) is 18.2. The molecule has 1 aliphatic heterocycles. The van der Waals surface area contributed by atoms with Crippen molar-refractivity contribution in [1.82, 2.24) is 10.6 Å². The first-order chi connectivity index (χ1) is 15.3. The summed E-state index contributed by atoms with van der Waals surface area (Å²) in [5.74, 6) is 0.183. The lowest BCUT2D eigenvalue weighted by molar-refractivity contribution is -0.143. The van der Waals surface area contributed by atoms with Crippen molar-refractivity contribution < 1.29 is 19.1 Å². The highest BCUT2D eigenvalue weighted by Crippen LogP contribution is 2.31. The lowest BCUT2D eigenvalue weighted by Crippen LogP contribution is -2.46. The number of rotatable bonds is 8. The van der Waals surface area contributed by atoms with E-state index in [1.807, 2.05) is 25.1 Å². The minimum atomic E-state index is -0.615. The summed E-state index contributed by atoms with van der Waals surface area (Å²) < 4.78 is 11.3. The SMILES string of the molecule is CCCC1=C(C(=O)OC(C)C)C(c2ccc(OCc3ccc(Cl)cc3Cl)cc2)NC(=O)N1. The molecule has 170 valence electrons. The minimum Gasteiger partial charge on any atom is -0.489 e. The van der Waals surface area contributed by atoms with Crippen molar-refractivity contribution in [2.24, 2.45) is 0 Å². The molecule has 2 N–H and O–H groups in total. The average molecular weight is 477 g/mol. The Labute approximate surface area is 197 Å². The summed E-state index contributed by atoms with van der Waals surface area (Å²) in [7, 11) is 0. The van der Waals surface area contributed by atoms with Crippen LogP contribution in [0.3, 0.4) is 0 Å². The third kappa shape index (κ3) is 5.96. The number of benzene rings is 2. The summed E-state index contributed by atoms with van der Waals surface area (Å²) in [6.07, 6.45) is 1.07. The second kappa shape index (κ2) is 10.7. The molecule has 0 saturated carbocycles. The molecule has 8 heteroatoms. The lowest BCUT2D eigenvalue weighted by atomic mass is 9.93. The maximum Gasteiger partial charge on any atom is 0.338 e. The number of halogens is 2. The molecule has 2 aromatic carbocycles. The van der Waals surface area contributed by atoms with Gasteiger partial charge in [0.25, 0.3) is 0 Å². The molecule has 32 heavy (non-hydrogen) atoms. The maximum atomic E-state index is 12.8. The monoisotopic (exact) mass is 476 g/mol. The summed E-state index contributed by atoms with van der Waals surface area (Å²) >= 11 is 12.1. The van der Waals surface area contributed by atoms with Gasteiger partial charge in [0.05, 0.1) is 17.7 Å². The molecule has 0 aliphatic carbocycles. The second-order valence-electron chi connectivity index (χ2n) is 7.72. The number of amides is 2. The molecule has 0 aromatic heterocycles. The Bertz CT molecular complexity index is 1020. The third-order valence-corrected chi connectivity index (χ3v) is 5.43. The summed E-state index contributed by atoms with van der Waals surface area (Å²) in [6.45, 7) is 5.86. The predicted octanol–water partition coefficient (Wildman–Crippen LogP) is 5.93. The van der Waals surface area contributed by atoms with Crippen LogP contribution in [0.4, 0.5) is 4.79 Å². The maximum absolute atomic E-state index is 12.8. The second-order valence-corrected chi connectivity index (χ2v) is 8.56. The highest BCUT2D eigenvalue weighted by Gasteiger charge is 2.33. The number of nitrogens with one attached hydrogen (secondary N) is 2. The van der Waals surface area contributed by atoms with Gasteiger partial charge in [-0.1, -0.05) is 54.7 Å². The number of allylic oxidation sites excluding steroid dienone is 1. The first kappa shape index (κ1) is 24.0. The number of carbonyl (C=O) groups is 2. The van der Waals surface area contributed by atoms with Crippen LogP contribution in [0.1, 0.15) is 50.8 Å². The summed E-state index contributed by atoms with van der Waals surface area (Å²) in [5.41, 5.74) is 2.57. The lowest BCUT2D eigenvalue weighted by Gasteiger charge is -2.30. The van der Waals surface area contributed by atoms with Crippen LogP contribution >= 0.6 is 23.2 Å². The quantitative estimate of drug-likeness (QED) is 0.462. The van der Waals surface area contributed by atoms with Crippen molar-refractivity contribution in [3.63, 3.8) is 0 Å². The molecular weight excluding hydrogens is 451 g/mol. The van der Waals surface area contributed by atoms with Gasteiger partial charge in [-0.05, 0) is 50.1 Å². The van der Waals surface area contributed by atoms with E-state index < -0.39 is 12.0 Å². The number of urea groups is 1. The fourth-order valence-electron chi connectivity index (χ4n) is 3.39. The summed E-state index contributed by atoms with van der Waals surface area (Å²) in [6, 6.07) is 11.5. The normalized spacial score (nSPS) is 15.9. The minimum absolute atomic E-state index is 0.272. The zero-order valence-corrected chi connectivity index (χ0v) is 19.7. The van der Waals surface area contributed by atoms with E-state index >= 15 is 0 Å². The van der Waals surface area contributed by atoms with E-state index in [0.717, 1.165) is 17.5 Å². The van der Waals surface area contributed by atoms with Crippen LogP contribution in [-0.2, 0) is 16.1 Å². The number of hydrogen-bond donors (Lipinski definition) is 2. The van der Waals surface area contributed by atoms with Crippen molar-refractivity contribution in [2.45, 2.75) is 52.4 Å². The number of hydrogen-bond acceptors (Lipinski definition) is 4.